The summed E-state index contributed by atoms with van der Waals surface area (Å²) in [5.41, 5.74) is 9.74. The van der Waals surface area contributed by atoms with E-state index in [4.69, 9.17) is 11.6 Å². The number of benzene rings is 3. The molecule has 3 aromatic rings. The molecule has 148 valence electrons. The Kier molecular flexibility index (Phi) is 3.50. The lowest BCUT2D eigenvalue weighted by Gasteiger charge is -2.35. The van der Waals surface area contributed by atoms with Gasteiger partial charge in [0, 0.05) is 21.8 Å². The van der Waals surface area contributed by atoms with Gasteiger partial charge in [0.05, 0.1) is 0 Å². The van der Waals surface area contributed by atoms with E-state index in [-0.39, 0.29) is 16.7 Å². The third-order valence-corrected chi connectivity index (χ3v) is 7.84. The van der Waals surface area contributed by atoms with Crippen molar-refractivity contribution in [3.63, 3.8) is 0 Å². The summed E-state index contributed by atoms with van der Waals surface area (Å²) in [6.07, 6.45) is 7.43. The highest BCUT2D eigenvalue weighted by atomic mass is 35.5. The van der Waals surface area contributed by atoms with Gasteiger partial charge in [-0.25, -0.2) is 0 Å². The summed E-state index contributed by atoms with van der Waals surface area (Å²) in [5.74, 6) is 0.255. The lowest BCUT2D eigenvalue weighted by molar-refractivity contribution is 0.609. The molecule has 0 fully saturated rings. The summed E-state index contributed by atoms with van der Waals surface area (Å²) in [6, 6.07) is 19.8. The first-order chi connectivity index (χ1) is 14.3. The Morgan fingerprint density at radius 3 is 2.40 bits per heavy atom. The summed E-state index contributed by atoms with van der Waals surface area (Å²) in [7, 11) is 0. The number of hydrogen-bond acceptors (Lipinski definition) is 0. The average molecular weight is 409 g/mol. The number of allylic oxidation sites excluding steroid dienone is 6. The van der Waals surface area contributed by atoms with Crippen molar-refractivity contribution in [2.45, 2.75) is 44.4 Å². The Balaban J connectivity index is 1.69. The number of halogens is 1. The van der Waals surface area contributed by atoms with Gasteiger partial charge in [-0.3, -0.25) is 0 Å². The minimum Gasteiger partial charge on any atom is -0.0843 e. The monoisotopic (exact) mass is 408 g/mol. The second-order valence-corrected chi connectivity index (χ2v) is 10.4. The maximum atomic E-state index is 6.44. The molecule has 30 heavy (non-hydrogen) atoms. The van der Waals surface area contributed by atoms with Crippen molar-refractivity contribution < 1.29 is 0 Å². The zero-order valence-corrected chi connectivity index (χ0v) is 18.6. The van der Waals surface area contributed by atoms with E-state index in [1.807, 2.05) is 6.07 Å². The largest absolute Gasteiger partial charge is 0.0843 e. The van der Waals surface area contributed by atoms with Crippen LogP contribution in [0.2, 0.25) is 5.02 Å². The lowest BCUT2D eigenvalue weighted by Crippen LogP contribution is -2.26. The van der Waals surface area contributed by atoms with E-state index < -0.39 is 0 Å². The Morgan fingerprint density at radius 2 is 1.57 bits per heavy atom. The first-order valence-electron chi connectivity index (χ1n) is 10.8. The van der Waals surface area contributed by atoms with E-state index in [0.717, 1.165) is 5.02 Å². The Hall–Kier alpha value is -2.57. The number of hydrogen-bond donors (Lipinski definition) is 0. The van der Waals surface area contributed by atoms with Gasteiger partial charge in [-0.05, 0) is 61.9 Å². The fourth-order valence-corrected chi connectivity index (χ4v) is 6.05. The van der Waals surface area contributed by atoms with Crippen LogP contribution < -0.4 is 0 Å². The van der Waals surface area contributed by atoms with Crippen LogP contribution in [0.15, 0.2) is 84.0 Å². The normalized spacial score (nSPS) is 22.3. The molecule has 6 rings (SSSR count). The fraction of sp³-hybridized carbons (Fsp3) is 0.241. The van der Waals surface area contributed by atoms with E-state index in [0.29, 0.717) is 0 Å². The number of rotatable bonds is 0. The minimum absolute atomic E-state index is 0.0278. The zero-order chi connectivity index (χ0) is 20.8. The molecule has 0 nitrogen and oxygen atoms in total. The Bertz CT molecular complexity index is 1340. The van der Waals surface area contributed by atoms with E-state index in [1.54, 1.807) is 0 Å². The molecule has 3 aromatic carbocycles. The van der Waals surface area contributed by atoms with Gasteiger partial charge >= 0.3 is 0 Å². The van der Waals surface area contributed by atoms with Gasteiger partial charge in [0.25, 0.3) is 0 Å². The molecular weight excluding hydrogens is 384 g/mol. The molecule has 1 heteroatoms. The molecule has 0 heterocycles. The summed E-state index contributed by atoms with van der Waals surface area (Å²) < 4.78 is 0. The van der Waals surface area contributed by atoms with Gasteiger partial charge in [-0.15, -0.1) is 0 Å². The second-order valence-electron chi connectivity index (χ2n) is 9.98. The standard InChI is InChI=1S/C29H25Cl/c1-28(2)19-13-18(22-16-20(30)10-12-24(22)28)14-26-23(15-19)27-21-8-6-5-7-17(21)9-11-25(27)29(26,3)4/h5-16,18H,1-4H3. The highest BCUT2D eigenvalue weighted by Crippen LogP contribution is 2.56. The van der Waals surface area contributed by atoms with E-state index in [9.17, 15) is 0 Å². The number of fused-ring (bicyclic) bond motifs is 8. The van der Waals surface area contributed by atoms with E-state index in [2.05, 4.69) is 94.5 Å². The average Bonchev–Trinajstić information content (AvgIpc) is 2.84. The topological polar surface area (TPSA) is 0 Å². The molecular formula is C29H25Cl. The smallest absolute Gasteiger partial charge is 0.0409 e. The molecule has 3 aliphatic carbocycles. The minimum atomic E-state index is -0.0514. The molecule has 2 bridgehead atoms. The van der Waals surface area contributed by atoms with Crippen LogP contribution in [0.1, 0.15) is 55.9 Å². The Labute approximate surface area is 183 Å². The summed E-state index contributed by atoms with van der Waals surface area (Å²) in [6.45, 7) is 9.43. The summed E-state index contributed by atoms with van der Waals surface area (Å²) in [4.78, 5) is 0. The highest BCUT2D eigenvalue weighted by Gasteiger charge is 2.43. The van der Waals surface area contributed by atoms with Gasteiger partial charge in [0.15, 0.2) is 0 Å². The van der Waals surface area contributed by atoms with Gasteiger partial charge in [0.1, 0.15) is 0 Å². The van der Waals surface area contributed by atoms with Gasteiger partial charge in [-0.2, -0.15) is 0 Å². The first kappa shape index (κ1) is 18.2. The fourth-order valence-electron chi connectivity index (χ4n) is 5.87. The van der Waals surface area contributed by atoms with Crippen molar-refractivity contribution in [2.24, 2.45) is 0 Å². The quantitative estimate of drug-likeness (QED) is 0.352. The summed E-state index contributed by atoms with van der Waals surface area (Å²) in [5, 5.41) is 3.48. The predicted octanol–water partition coefficient (Wildman–Crippen LogP) is 8.11. The van der Waals surface area contributed by atoms with Crippen molar-refractivity contribution in [3.05, 3.63) is 111 Å². The van der Waals surface area contributed by atoms with Crippen LogP contribution in [0.5, 0.6) is 0 Å². The van der Waals surface area contributed by atoms with Crippen LogP contribution in [-0.2, 0) is 10.8 Å². The molecule has 0 aromatic heterocycles. The van der Waals surface area contributed by atoms with Crippen molar-refractivity contribution in [1.29, 1.82) is 0 Å². The van der Waals surface area contributed by atoms with Gasteiger partial charge in [0.2, 0.25) is 0 Å². The van der Waals surface area contributed by atoms with Crippen LogP contribution >= 0.6 is 11.6 Å². The Morgan fingerprint density at radius 1 is 0.800 bits per heavy atom. The van der Waals surface area contributed by atoms with Crippen molar-refractivity contribution in [1.82, 2.24) is 0 Å². The maximum absolute atomic E-state index is 6.44. The molecule has 0 radical (unpaired) electrons. The third kappa shape index (κ3) is 2.23. The van der Waals surface area contributed by atoms with E-state index in [1.165, 1.54) is 49.7 Å². The molecule has 0 saturated heterocycles. The summed E-state index contributed by atoms with van der Waals surface area (Å²) >= 11 is 6.44. The molecule has 1 unspecified atom stereocenters. The lowest BCUT2D eigenvalue weighted by atomic mass is 9.68. The molecule has 0 amide bonds. The molecule has 0 aliphatic heterocycles. The molecule has 0 N–H and O–H groups in total. The maximum Gasteiger partial charge on any atom is 0.0409 e. The van der Waals surface area contributed by atoms with Crippen LogP contribution in [-0.4, -0.2) is 0 Å². The third-order valence-electron chi connectivity index (χ3n) is 7.61. The zero-order valence-electron chi connectivity index (χ0n) is 17.9. The molecule has 1 atom stereocenters. The van der Waals surface area contributed by atoms with Crippen molar-refractivity contribution in [2.75, 3.05) is 0 Å². The van der Waals surface area contributed by atoms with Crippen LogP contribution in [0.25, 0.3) is 16.3 Å². The molecule has 0 spiro atoms. The van der Waals surface area contributed by atoms with Crippen molar-refractivity contribution >= 4 is 27.9 Å². The van der Waals surface area contributed by atoms with E-state index >= 15 is 0 Å². The predicted molar refractivity (Wildman–Crippen MR) is 128 cm³/mol. The van der Waals surface area contributed by atoms with Gasteiger partial charge < -0.3 is 0 Å². The van der Waals surface area contributed by atoms with Crippen LogP contribution in [0.3, 0.4) is 0 Å². The van der Waals surface area contributed by atoms with Crippen molar-refractivity contribution in [3.8, 4) is 0 Å². The molecule has 3 aliphatic rings. The SMILES string of the molecule is CC1(C)C2=CC(C=C3C(=C2)c2c(ccc4ccccc24)C3(C)C)c2cc(Cl)ccc21. The molecule has 0 saturated carbocycles. The first-order valence-corrected chi connectivity index (χ1v) is 11.2. The second kappa shape index (κ2) is 5.77. The van der Waals surface area contributed by atoms with Gasteiger partial charge in [-0.1, -0.05) is 100.0 Å². The highest BCUT2D eigenvalue weighted by molar-refractivity contribution is 6.30. The van der Waals surface area contributed by atoms with Crippen LogP contribution in [0.4, 0.5) is 0 Å². The van der Waals surface area contributed by atoms with Crippen LogP contribution in [0, 0.1) is 0 Å².